The van der Waals surface area contributed by atoms with Crippen LogP contribution in [-0.2, 0) is 0 Å². The van der Waals surface area contributed by atoms with Gasteiger partial charge >= 0.3 is 0 Å². The summed E-state index contributed by atoms with van der Waals surface area (Å²) in [6.45, 7) is 5.22. The second-order valence-electron chi connectivity index (χ2n) is 6.62. The highest BCUT2D eigenvalue weighted by Gasteiger charge is 2.32. The molecule has 132 valence electrons. The number of carbonyl (C=O) groups is 2. The van der Waals surface area contributed by atoms with Crippen LogP contribution in [0.3, 0.4) is 0 Å². The number of nitrogens with zero attached hydrogens (tertiary/aromatic N) is 3. The van der Waals surface area contributed by atoms with Crippen LogP contribution < -0.4 is 0 Å². The molecule has 2 aliphatic heterocycles. The number of imide groups is 1. The number of rotatable bonds is 3. The van der Waals surface area contributed by atoms with Gasteiger partial charge in [0, 0.05) is 55.8 Å². The van der Waals surface area contributed by atoms with E-state index < -0.39 is 0 Å². The van der Waals surface area contributed by atoms with Crippen LogP contribution in [0.25, 0.3) is 10.8 Å². The Morgan fingerprint density at radius 2 is 1.40 bits per heavy atom. The van der Waals surface area contributed by atoms with Gasteiger partial charge in [-0.2, -0.15) is 0 Å². The fourth-order valence-electron chi connectivity index (χ4n) is 3.60. The lowest BCUT2D eigenvalue weighted by atomic mass is 9.94. The minimum atomic E-state index is -0.168. The standard InChI is InChI=1S/C19H21N3O2.ClH/c1-20-8-10-21(11-9-20)12-13-22-18(23)15-6-2-4-14-5-3-7-16(17(14)15)19(22)24;/h2-7H,8-13H2,1H3;1H. The first-order chi connectivity index (χ1) is 11.6. The molecule has 0 spiro atoms. The second-order valence-corrected chi connectivity index (χ2v) is 6.62. The van der Waals surface area contributed by atoms with E-state index in [0.29, 0.717) is 17.7 Å². The van der Waals surface area contributed by atoms with E-state index in [2.05, 4.69) is 16.8 Å². The van der Waals surface area contributed by atoms with E-state index in [4.69, 9.17) is 0 Å². The van der Waals surface area contributed by atoms with Crippen molar-refractivity contribution in [1.29, 1.82) is 0 Å². The van der Waals surface area contributed by atoms with Crippen LogP contribution in [0.15, 0.2) is 36.4 Å². The maximum absolute atomic E-state index is 12.8. The van der Waals surface area contributed by atoms with Crippen LogP contribution in [0.5, 0.6) is 0 Å². The maximum atomic E-state index is 12.8. The van der Waals surface area contributed by atoms with E-state index in [9.17, 15) is 9.59 Å². The smallest absolute Gasteiger partial charge is 0.261 e. The Hall–Kier alpha value is -1.95. The fourth-order valence-corrected chi connectivity index (χ4v) is 3.60. The van der Waals surface area contributed by atoms with Gasteiger partial charge in [-0.15, -0.1) is 12.4 Å². The Morgan fingerprint density at radius 3 is 1.96 bits per heavy atom. The van der Waals surface area contributed by atoms with Crippen molar-refractivity contribution in [1.82, 2.24) is 14.7 Å². The molecule has 1 fully saturated rings. The van der Waals surface area contributed by atoms with Crippen molar-refractivity contribution in [2.24, 2.45) is 0 Å². The summed E-state index contributed by atoms with van der Waals surface area (Å²) in [6.07, 6.45) is 0. The summed E-state index contributed by atoms with van der Waals surface area (Å²) in [6, 6.07) is 11.3. The third-order valence-electron chi connectivity index (χ3n) is 5.09. The lowest BCUT2D eigenvalue weighted by Crippen LogP contribution is -2.49. The van der Waals surface area contributed by atoms with Gasteiger partial charge in [0.1, 0.15) is 0 Å². The summed E-state index contributed by atoms with van der Waals surface area (Å²) in [5, 5.41) is 1.75. The molecule has 0 aromatic heterocycles. The van der Waals surface area contributed by atoms with Gasteiger partial charge in [0.25, 0.3) is 11.8 Å². The largest absolute Gasteiger partial charge is 0.304 e. The van der Waals surface area contributed by atoms with Crippen molar-refractivity contribution in [3.05, 3.63) is 47.5 Å². The quantitative estimate of drug-likeness (QED) is 0.787. The molecule has 0 aliphatic carbocycles. The van der Waals surface area contributed by atoms with Gasteiger partial charge in [-0.1, -0.05) is 24.3 Å². The molecule has 0 unspecified atom stereocenters. The molecule has 25 heavy (non-hydrogen) atoms. The zero-order valence-corrected chi connectivity index (χ0v) is 15.1. The number of carbonyl (C=O) groups excluding carboxylic acids is 2. The third-order valence-corrected chi connectivity index (χ3v) is 5.09. The van der Waals surface area contributed by atoms with E-state index in [1.807, 2.05) is 36.4 Å². The summed E-state index contributed by atoms with van der Waals surface area (Å²) in [5.74, 6) is -0.336. The Morgan fingerprint density at radius 1 is 0.840 bits per heavy atom. The molecular weight excluding hydrogens is 338 g/mol. The lowest BCUT2D eigenvalue weighted by Gasteiger charge is -2.34. The average molecular weight is 360 g/mol. The summed E-state index contributed by atoms with van der Waals surface area (Å²) in [4.78, 5) is 31.7. The van der Waals surface area contributed by atoms with Crippen LogP contribution in [0.2, 0.25) is 0 Å². The number of hydrogen-bond acceptors (Lipinski definition) is 4. The monoisotopic (exact) mass is 359 g/mol. The van der Waals surface area contributed by atoms with Crippen LogP contribution in [-0.4, -0.2) is 72.8 Å². The van der Waals surface area contributed by atoms with Gasteiger partial charge in [0.05, 0.1) is 0 Å². The van der Waals surface area contributed by atoms with Crippen molar-refractivity contribution in [3.63, 3.8) is 0 Å². The zero-order valence-electron chi connectivity index (χ0n) is 14.3. The minimum absolute atomic E-state index is 0. The molecule has 2 amide bonds. The van der Waals surface area contributed by atoms with E-state index in [-0.39, 0.29) is 24.2 Å². The molecule has 0 saturated carbocycles. The molecule has 0 N–H and O–H groups in total. The fraction of sp³-hybridized carbons (Fsp3) is 0.368. The van der Waals surface area contributed by atoms with E-state index in [1.54, 1.807) is 0 Å². The Kier molecular flexibility index (Phi) is 5.08. The van der Waals surface area contributed by atoms with Gasteiger partial charge < -0.3 is 4.90 Å². The number of hydrogen-bond donors (Lipinski definition) is 0. The van der Waals surface area contributed by atoms with Crippen molar-refractivity contribution < 1.29 is 9.59 Å². The van der Waals surface area contributed by atoms with Gasteiger partial charge in [-0.25, -0.2) is 0 Å². The summed E-state index contributed by atoms with van der Waals surface area (Å²) in [5.41, 5.74) is 1.28. The molecule has 2 aliphatic rings. The number of piperazine rings is 1. The van der Waals surface area contributed by atoms with Gasteiger partial charge in [0.2, 0.25) is 0 Å². The van der Waals surface area contributed by atoms with Crippen LogP contribution >= 0.6 is 12.4 Å². The van der Waals surface area contributed by atoms with E-state index in [1.165, 1.54) is 4.90 Å². The topological polar surface area (TPSA) is 43.9 Å². The first-order valence-electron chi connectivity index (χ1n) is 8.44. The second kappa shape index (κ2) is 7.12. The molecule has 1 saturated heterocycles. The van der Waals surface area contributed by atoms with Crippen molar-refractivity contribution in [2.75, 3.05) is 46.3 Å². The highest BCUT2D eigenvalue weighted by molar-refractivity contribution is 6.25. The molecule has 5 nitrogen and oxygen atoms in total. The Balaban J connectivity index is 0.00000182. The van der Waals surface area contributed by atoms with Crippen molar-refractivity contribution in [2.45, 2.75) is 0 Å². The molecule has 0 bridgehead atoms. The third kappa shape index (κ3) is 3.15. The lowest BCUT2D eigenvalue weighted by molar-refractivity contribution is 0.0578. The molecule has 0 atom stereocenters. The molecule has 0 radical (unpaired) electrons. The number of amides is 2. The average Bonchev–Trinajstić information content (AvgIpc) is 2.61. The summed E-state index contributed by atoms with van der Waals surface area (Å²) >= 11 is 0. The van der Waals surface area contributed by atoms with Crippen LogP contribution in [0.1, 0.15) is 20.7 Å². The molecular formula is C19H22ClN3O2. The first-order valence-corrected chi connectivity index (χ1v) is 8.44. The first kappa shape index (κ1) is 17.9. The van der Waals surface area contributed by atoms with Crippen molar-refractivity contribution in [3.8, 4) is 0 Å². The molecule has 2 aromatic rings. The molecule has 4 rings (SSSR count). The number of halogens is 1. The van der Waals surface area contributed by atoms with Crippen LogP contribution in [0, 0.1) is 0 Å². The minimum Gasteiger partial charge on any atom is -0.304 e. The predicted octanol–water partition coefficient (Wildman–Crippen LogP) is 2.10. The maximum Gasteiger partial charge on any atom is 0.261 e. The zero-order chi connectivity index (χ0) is 16.7. The highest BCUT2D eigenvalue weighted by Crippen LogP contribution is 2.29. The normalized spacial score (nSPS) is 18.5. The SMILES string of the molecule is CN1CCN(CCN2C(=O)c3cccc4cccc(c34)C2=O)CC1.Cl. The Bertz CT molecular complexity index is 765. The van der Waals surface area contributed by atoms with Gasteiger partial charge in [-0.05, 0) is 24.6 Å². The van der Waals surface area contributed by atoms with Crippen LogP contribution in [0.4, 0.5) is 0 Å². The molecule has 6 heteroatoms. The van der Waals surface area contributed by atoms with E-state index in [0.717, 1.165) is 43.5 Å². The Labute approximate surface area is 153 Å². The number of benzene rings is 2. The van der Waals surface area contributed by atoms with E-state index >= 15 is 0 Å². The highest BCUT2D eigenvalue weighted by atomic mass is 35.5. The molecule has 2 aromatic carbocycles. The molecule has 2 heterocycles. The van der Waals surface area contributed by atoms with Crippen molar-refractivity contribution >= 4 is 35.0 Å². The number of likely N-dealkylation sites (N-methyl/N-ethyl adjacent to an activating group) is 1. The van der Waals surface area contributed by atoms with Gasteiger partial charge in [0.15, 0.2) is 0 Å². The summed E-state index contributed by atoms with van der Waals surface area (Å²) in [7, 11) is 2.12. The predicted molar refractivity (Wildman–Crippen MR) is 101 cm³/mol. The summed E-state index contributed by atoms with van der Waals surface area (Å²) < 4.78 is 0. The van der Waals surface area contributed by atoms with Gasteiger partial charge in [-0.3, -0.25) is 19.4 Å².